The van der Waals surface area contributed by atoms with E-state index in [0.717, 1.165) is 30.8 Å². The fraction of sp³-hybridized carbons (Fsp3) is 0.263. The first-order chi connectivity index (χ1) is 12.6. The molecular formula is C19H20ClN3O3. The molecule has 1 aliphatic rings. The van der Waals surface area contributed by atoms with Gasteiger partial charge >= 0.3 is 5.97 Å². The third-order valence-corrected chi connectivity index (χ3v) is 4.92. The first-order valence-corrected chi connectivity index (χ1v) is 8.71. The van der Waals surface area contributed by atoms with Gasteiger partial charge in [0.2, 0.25) is 0 Å². The second kappa shape index (κ2) is 8.21. The molecule has 1 N–H and O–H groups in total. The summed E-state index contributed by atoms with van der Waals surface area (Å²) >= 11 is 6.40. The van der Waals surface area contributed by atoms with E-state index in [2.05, 4.69) is 4.90 Å². The number of nitrogens with zero attached hydrogens (tertiary/aromatic N) is 3. The van der Waals surface area contributed by atoms with E-state index in [1.54, 1.807) is 12.1 Å². The Labute approximate surface area is 157 Å². The summed E-state index contributed by atoms with van der Waals surface area (Å²) in [5.41, 5.74) is 2.02. The predicted molar refractivity (Wildman–Crippen MR) is 102 cm³/mol. The van der Waals surface area contributed by atoms with Gasteiger partial charge in [-0.1, -0.05) is 18.2 Å². The van der Waals surface area contributed by atoms with Crippen molar-refractivity contribution in [2.75, 3.05) is 35.5 Å². The minimum absolute atomic E-state index is 0.272. The van der Waals surface area contributed by atoms with Gasteiger partial charge in [0.1, 0.15) is 0 Å². The van der Waals surface area contributed by atoms with Gasteiger partial charge in [-0.3, -0.25) is 14.1 Å². The maximum atomic E-state index is 11.6. The van der Waals surface area contributed by atoms with E-state index < -0.39 is 12.1 Å². The fourth-order valence-corrected chi connectivity index (χ4v) is 3.35. The summed E-state index contributed by atoms with van der Waals surface area (Å²) in [5, 5.41) is 8.98. The van der Waals surface area contributed by atoms with Crippen LogP contribution in [-0.2, 0) is 4.79 Å². The molecule has 0 spiro atoms. The number of rotatable bonds is 6. The average Bonchev–Trinajstić information content (AvgIpc) is 2.70. The van der Waals surface area contributed by atoms with Crippen LogP contribution in [0.5, 0.6) is 0 Å². The monoisotopic (exact) mass is 373 g/mol. The Bertz CT molecular complexity index is 746. The Kier molecular flexibility index (Phi) is 5.75. The average molecular weight is 374 g/mol. The molecule has 6 nitrogen and oxygen atoms in total. The molecule has 26 heavy (non-hydrogen) atoms. The third kappa shape index (κ3) is 3.98. The molecule has 2 aromatic rings. The highest BCUT2D eigenvalue weighted by Gasteiger charge is 2.28. The first-order valence-electron chi connectivity index (χ1n) is 8.38. The van der Waals surface area contributed by atoms with Crippen LogP contribution in [0, 0.1) is 0 Å². The van der Waals surface area contributed by atoms with Crippen LogP contribution in [0.25, 0.3) is 0 Å². The molecule has 0 aliphatic carbocycles. The molecule has 3 rings (SSSR count). The highest BCUT2D eigenvalue weighted by atomic mass is 35.5. The second-order valence-electron chi connectivity index (χ2n) is 6.07. The van der Waals surface area contributed by atoms with Crippen molar-refractivity contribution in [3.05, 3.63) is 60.2 Å². The van der Waals surface area contributed by atoms with Crippen LogP contribution in [0.3, 0.4) is 0 Å². The van der Waals surface area contributed by atoms with Crippen LogP contribution < -0.4 is 9.32 Å². The van der Waals surface area contributed by atoms with Gasteiger partial charge in [0, 0.05) is 43.6 Å². The van der Waals surface area contributed by atoms with E-state index in [-0.39, 0.29) is 5.56 Å². The molecule has 1 atom stereocenters. The van der Waals surface area contributed by atoms with E-state index in [4.69, 9.17) is 16.9 Å². The van der Waals surface area contributed by atoms with Crippen LogP contribution in [0.2, 0.25) is 0 Å². The molecule has 136 valence electrons. The van der Waals surface area contributed by atoms with Gasteiger partial charge in [-0.25, -0.2) is 4.79 Å². The number of carbonyl (C=O) groups excluding carboxylic acids is 1. The van der Waals surface area contributed by atoms with Crippen LogP contribution in [-0.4, -0.2) is 54.6 Å². The number of halogens is 1. The zero-order valence-corrected chi connectivity index (χ0v) is 14.9. The molecule has 1 fully saturated rings. The van der Waals surface area contributed by atoms with Gasteiger partial charge in [0.05, 0.1) is 11.3 Å². The number of carbonyl (C=O) groups is 2. The normalized spacial score (nSPS) is 16.1. The number of benzene rings is 2. The number of anilines is 2. The number of carboxylic acid groups (broad SMARTS) is 1. The number of aldehydes is 1. The molecule has 1 heterocycles. The fourth-order valence-electron chi connectivity index (χ4n) is 3.07. The lowest BCUT2D eigenvalue weighted by molar-refractivity contribution is -0.112. The van der Waals surface area contributed by atoms with Gasteiger partial charge in [-0.2, -0.15) is 0 Å². The van der Waals surface area contributed by atoms with E-state index in [1.165, 1.54) is 4.42 Å². The lowest BCUT2D eigenvalue weighted by Gasteiger charge is -2.40. The van der Waals surface area contributed by atoms with Crippen molar-refractivity contribution in [3.63, 3.8) is 0 Å². The Hall–Kier alpha value is -2.57. The smallest absolute Gasteiger partial charge is 0.335 e. The summed E-state index contributed by atoms with van der Waals surface area (Å²) in [6.07, 6.45) is 0.327. The Balaban J connectivity index is 1.63. The number of carboxylic acids is 1. The minimum Gasteiger partial charge on any atom is -0.478 e. The van der Waals surface area contributed by atoms with Gasteiger partial charge in [0.15, 0.2) is 12.5 Å². The quantitative estimate of drug-likeness (QED) is 0.620. The Morgan fingerprint density at radius 3 is 2.19 bits per heavy atom. The van der Waals surface area contributed by atoms with Crippen molar-refractivity contribution in [1.29, 1.82) is 0 Å². The van der Waals surface area contributed by atoms with Gasteiger partial charge in [-0.15, -0.1) is 0 Å². The summed E-state index contributed by atoms with van der Waals surface area (Å²) in [6, 6.07) is 16.2. The zero-order valence-electron chi connectivity index (χ0n) is 14.2. The van der Waals surface area contributed by atoms with Crippen molar-refractivity contribution < 1.29 is 14.7 Å². The number of para-hydroxylation sites is 1. The number of aromatic carboxylic acids is 1. The topological polar surface area (TPSA) is 64.1 Å². The summed E-state index contributed by atoms with van der Waals surface area (Å²) in [7, 11) is 0. The summed E-state index contributed by atoms with van der Waals surface area (Å²) in [6.45, 7) is 2.83. The molecule has 0 bridgehead atoms. The van der Waals surface area contributed by atoms with Crippen molar-refractivity contribution in [2.45, 2.75) is 6.17 Å². The predicted octanol–water partition coefficient (Wildman–Crippen LogP) is 2.69. The van der Waals surface area contributed by atoms with Gasteiger partial charge in [-0.05, 0) is 36.4 Å². The van der Waals surface area contributed by atoms with Crippen molar-refractivity contribution in [1.82, 2.24) is 4.90 Å². The molecule has 0 aromatic heterocycles. The van der Waals surface area contributed by atoms with Gasteiger partial charge in [0.25, 0.3) is 0 Å². The molecule has 7 heteroatoms. The maximum Gasteiger partial charge on any atom is 0.335 e. The van der Waals surface area contributed by atoms with Crippen LogP contribution >= 0.6 is 11.8 Å². The van der Waals surface area contributed by atoms with Gasteiger partial charge < -0.3 is 10.0 Å². The van der Waals surface area contributed by atoms with Crippen molar-refractivity contribution >= 4 is 35.4 Å². The SMILES string of the molecule is O=CC(N1CCN(c2ccc(C(=O)O)cc2)CC1)N(Cl)c1ccccc1. The first kappa shape index (κ1) is 18.2. The highest BCUT2D eigenvalue weighted by molar-refractivity contribution is 6.27. The van der Waals surface area contributed by atoms with E-state index in [0.29, 0.717) is 13.1 Å². The molecule has 1 unspecified atom stereocenters. The zero-order chi connectivity index (χ0) is 18.5. The van der Waals surface area contributed by atoms with E-state index >= 15 is 0 Å². The number of piperazine rings is 1. The van der Waals surface area contributed by atoms with E-state index in [1.807, 2.05) is 47.4 Å². The van der Waals surface area contributed by atoms with Crippen molar-refractivity contribution in [2.24, 2.45) is 0 Å². The molecular weight excluding hydrogens is 354 g/mol. The Morgan fingerprint density at radius 1 is 1.04 bits per heavy atom. The lowest BCUT2D eigenvalue weighted by atomic mass is 10.2. The summed E-state index contributed by atoms with van der Waals surface area (Å²) < 4.78 is 1.46. The minimum atomic E-state index is -0.932. The molecule has 0 saturated carbocycles. The Morgan fingerprint density at radius 2 is 1.65 bits per heavy atom. The largest absolute Gasteiger partial charge is 0.478 e. The van der Waals surface area contributed by atoms with Crippen molar-refractivity contribution in [3.8, 4) is 0 Å². The molecule has 1 aliphatic heterocycles. The third-order valence-electron chi connectivity index (χ3n) is 4.52. The highest BCUT2D eigenvalue weighted by Crippen LogP contribution is 2.23. The summed E-state index contributed by atoms with van der Waals surface area (Å²) in [5.74, 6) is -0.932. The summed E-state index contributed by atoms with van der Waals surface area (Å²) in [4.78, 5) is 26.8. The lowest BCUT2D eigenvalue weighted by Crippen LogP contribution is -2.55. The standard InChI is InChI=1S/C19H20ClN3O3/c20-23(17-4-2-1-3-5-17)18(14-24)22-12-10-21(11-13-22)16-8-6-15(7-9-16)19(25)26/h1-9,14,18H,10-13H2,(H,25,26). The van der Waals surface area contributed by atoms with Crippen LogP contribution in [0.1, 0.15) is 10.4 Å². The van der Waals surface area contributed by atoms with Crippen LogP contribution in [0.4, 0.5) is 11.4 Å². The number of hydrogen-bond acceptors (Lipinski definition) is 5. The molecule has 0 radical (unpaired) electrons. The van der Waals surface area contributed by atoms with Crippen LogP contribution in [0.15, 0.2) is 54.6 Å². The molecule has 2 aromatic carbocycles. The molecule has 0 amide bonds. The van der Waals surface area contributed by atoms with E-state index in [9.17, 15) is 9.59 Å². The second-order valence-corrected chi connectivity index (χ2v) is 6.44. The number of hydrogen-bond donors (Lipinski definition) is 1. The molecule has 1 saturated heterocycles. The maximum absolute atomic E-state index is 11.6.